The molecule has 0 saturated carbocycles. The summed E-state index contributed by atoms with van der Waals surface area (Å²) in [7, 11) is 1.64. The Morgan fingerprint density at radius 2 is 1.76 bits per heavy atom. The van der Waals surface area contributed by atoms with Crippen molar-refractivity contribution in [3.8, 4) is 11.5 Å². The van der Waals surface area contributed by atoms with Gasteiger partial charge in [0.05, 0.1) is 18.9 Å². The van der Waals surface area contributed by atoms with Gasteiger partial charge in [-0.2, -0.15) is 5.10 Å². The van der Waals surface area contributed by atoms with Gasteiger partial charge < -0.3 is 9.47 Å². The van der Waals surface area contributed by atoms with Crippen LogP contribution in [0.15, 0.2) is 96.2 Å². The highest BCUT2D eigenvalue weighted by Crippen LogP contribution is 2.34. The minimum atomic E-state index is -0.215. The zero-order valence-electron chi connectivity index (χ0n) is 18.2. The standard InChI is InChI=1S/C27H23N3O3/c1-32-22-14-12-20(13-15-22)24-17-23(19-7-3-2-4-8-19)29-30(24)26(31)18-33-25-11-5-9-21-10-6-16-28-27(21)25/h2-16,24H,17-18H2,1H3. The molecule has 1 aliphatic heterocycles. The minimum absolute atomic E-state index is 0.131. The second-order valence-electron chi connectivity index (χ2n) is 7.76. The highest BCUT2D eigenvalue weighted by atomic mass is 16.5. The third-order valence-corrected chi connectivity index (χ3v) is 5.72. The van der Waals surface area contributed by atoms with Crippen molar-refractivity contribution in [2.24, 2.45) is 5.10 Å². The van der Waals surface area contributed by atoms with Gasteiger partial charge in [-0.1, -0.05) is 60.7 Å². The van der Waals surface area contributed by atoms with Gasteiger partial charge in [0.2, 0.25) is 0 Å². The number of ether oxygens (including phenoxy) is 2. The number of rotatable bonds is 6. The smallest absolute Gasteiger partial charge is 0.281 e. The van der Waals surface area contributed by atoms with Crippen LogP contribution < -0.4 is 9.47 Å². The summed E-state index contributed by atoms with van der Waals surface area (Å²) < 4.78 is 11.2. The normalized spacial score (nSPS) is 15.4. The summed E-state index contributed by atoms with van der Waals surface area (Å²) in [5, 5.41) is 7.21. The molecule has 1 unspecified atom stereocenters. The van der Waals surface area contributed by atoms with Gasteiger partial charge in [-0.25, -0.2) is 5.01 Å². The molecule has 3 aromatic carbocycles. The SMILES string of the molecule is COc1ccc(C2CC(c3ccccc3)=NN2C(=O)COc2cccc3cccnc23)cc1. The molecule has 164 valence electrons. The van der Waals surface area contributed by atoms with Crippen LogP contribution >= 0.6 is 0 Å². The van der Waals surface area contributed by atoms with Crippen LogP contribution in [-0.4, -0.2) is 35.3 Å². The number of amides is 1. The third-order valence-electron chi connectivity index (χ3n) is 5.72. The molecule has 0 N–H and O–H groups in total. The first-order chi connectivity index (χ1) is 16.2. The largest absolute Gasteiger partial charge is 0.497 e. The molecule has 1 amide bonds. The monoisotopic (exact) mass is 437 g/mol. The van der Waals surface area contributed by atoms with Gasteiger partial charge in [0.1, 0.15) is 17.0 Å². The molecule has 1 aliphatic rings. The second kappa shape index (κ2) is 9.12. The Labute approximate surface area is 192 Å². The zero-order valence-corrected chi connectivity index (χ0v) is 18.2. The van der Waals surface area contributed by atoms with E-state index in [2.05, 4.69) is 4.98 Å². The Balaban J connectivity index is 1.41. The molecule has 0 radical (unpaired) electrons. The highest BCUT2D eigenvalue weighted by molar-refractivity contribution is 6.03. The first-order valence-corrected chi connectivity index (χ1v) is 10.8. The maximum absolute atomic E-state index is 13.3. The number of fused-ring (bicyclic) bond motifs is 1. The van der Waals surface area contributed by atoms with E-state index in [1.807, 2.05) is 84.9 Å². The molecule has 0 bridgehead atoms. The third kappa shape index (κ3) is 4.28. The van der Waals surface area contributed by atoms with Gasteiger partial charge in [0.25, 0.3) is 5.91 Å². The predicted molar refractivity (Wildman–Crippen MR) is 127 cm³/mol. The maximum atomic E-state index is 13.3. The van der Waals surface area contributed by atoms with E-state index in [1.54, 1.807) is 18.3 Å². The van der Waals surface area contributed by atoms with Gasteiger partial charge >= 0.3 is 0 Å². The number of nitrogens with zero attached hydrogens (tertiary/aromatic N) is 3. The van der Waals surface area contributed by atoms with Gasteiger partial charge in [-0.05, 0) is 35.4 Å². The molecule has 4 aromatic rings. The number of methoxy groups -OCH3 is 1. The number of para-hydroxylation sites is 1. The quantitative estimate of drug-likeness (QED) is 0.426. The van der Waals surface area contributed by atoms with Crippen molar-refractivity contribution in [2.75, 3.05) is 13.7 Å². The van der Waals surface area contributed by atoms with Crippen molar-refractivity contribution in [1.82, 2.24) is 9.99 Å². The molecular formula is C27H23N3O3. The number of pyridine rings is 1. The number of aromatic nitrogens is 1. The fourth-order valence-electron chi connectivity index (χ4n) is 4.03. The predicted octanol–water partition coefficient (Wildman–Crippen LogP) is 5.00. The van der Waals surface area contributed by atoms with Crippen LogP contribution in [0.25, 0.3) is 10.9 Å². The van der Waals surface area contributed by atoms with Crippen LogP contribution in [-0.2, 0) is 4.79 Å². The van der Waals surface area contributed by atoms with Crippen LogP contribution in [0.2, 0.25) is 0 Å². The minimum Gasteiger partial charge on any atom is -0.497 e. The van der Waals surface area contributed by atoms with E-state index in [-0.39, 0.29) is 18.6 Å². The zero-order chi connectivity index (χ0) is 22.6. The molecule has 0 aliphatic carbocycles. The fraction of sp³-hybridized carbons (Fsp3) is 0.148. The summed E-state index contributed by atoms with van der Waals surface area (Å²) in [6, 6.07) is 27.0. The molecule has 0 spiro atoms. The van der Waals surface area contributed by atoms with E-state index >= 15 is 0 Å². The van der Waals surface area contributed by atoms with Crippen molar-refractivity contribution in [3.05, 3.63) is 102 Å². The molecule has 6 nitrogen and oxygen atoms in total. The van der Waals surface area contributed by atoms with Crippen LogP contribution in [0.3, 0.4) is 0 Å². The Hall–Kier alpha value is -4.19. The number of hydrogen-bond acceptors (Lipinski definition) is 5. The summed E-state index contributed by atoms with van der Waals surface area (Å²) in [6.07, 6.45) is 2.34. The van der Waals surface area contributed by atoms with E-state index < -0.39 is 0 Å². The summed E-state index contributed by atoms with van der Waals surface area (Å²) in [4.78, 5) is 17.7. The summed E-state index contributed by atoms with van der Waals surface area (Å²) in [6.45, 7) is -0.131. The van der Waals surface area contributed by atoms with Crippen molar-refractivity contribution in [1.29, 1.82) is 0 Å². The Morgan fingerprint density at radius 3 is 2.55 bits per heavy atom. The summed E-state index contributed by atoms with van der Waals surface area (Å²) in [5.41, 5.74) is 3.60. The second-order valence-corrected chi connectivity index (χ2v) is 7.76. The van der Waals surface area contributed by atoms with E-state index in [0.29, 0.717) is 12.2 Å². The molecule has 1 atom stereocenters. The number of carbonyl (C=O) groups excluding carboxylic acids is 1. The summed E-state index contributed by atoms with van der Waals surface area (Å²) >= 11 is 0. The lowest BCUT2D eigenvalue weighted by atomic mass is 9.98. The van der Waals surface area contributed by atoms with Gasteiger partial charge in [-0.3, -0.25) is 9.78 Å². The molecule has 1 aromatic heterocycles. The van der Waals surface area contributed by atoms with E-state index in [4.69, 9.17) is 14.6 Å². The Kier molecular flexibility index (Phi) is 5.72. The molecule has 33 heavy (non-hydrogen) atoms. The van der Waals surface area contributed by atoms with Gasteiger partial charge in [0, 0.05) is 18.0 Å². The molecule has 6 heteroatoms. The van der Waals surface area contributed by atoms with Crippen molar-refractivity contribution >= 4 is 22.5 Å². The van der Waals surface area contributed by atoms with Crippen molar-refractivity contribution in [2.45, 2.75) is 12.5 Å². The molecule has 0 fully saturated rings. The maximum Gasteiger partial charge on any atom is 0.281 e. The lowest BCUT2D eigenvalue weighted by Crippen LogP contribution is -2.31. The van der Waals surface area contributed by atoms with E-state index in [9.17, 15) is 4.79 Å². The van der Waals surface area contributed by atoms with Gasteiger partial charge in [-0.15, -0.1) is 0 Å². The first-order valence-electron chi connectivity index (χ1n) is 10.8. The highest BCUT2D eigenvalue weighted by Gasteiger charge is 2.33. The lowest BCUT2D eigenvalue weighted by molar-refractivity contribution is -0.135. The van der Waals surface area contributed by atoms with Crippen LogP contribution in [0.1, 0.15) is 23.6 Å². The number of benzene rings is 3. The molecule has 2 heterocycles. The van der Waals surface area contributed by atoms with E-state index in [1.165, 1.54) is 0 Å². The van der Waals surface area contributed by atoms with Crippen molar-refractivity contribution < 1.29 is 14.3 Å². The average Bonchev–Trinajstić information content (AvgIpc) is 3.33. The lowest BCUT2D eigenvalue weighted by Gasteiger charge is -2.22. The number of hydrogen-bond donors (Lipinski definition) is 0. The molecule has 5 rings (SSSR count). The number of carbonyl (C=O) groups is 1. The molecule has 0 saturated heterocycles. The topological polar surface area (TPSA) is 64.0 Å². The van der Waals surface area contributed by atoms with Crippen molar-refractivity contribution in [3.63, 3.8) is 0 Å². The Bertz CT molecular complexity index is 1300. The average molecular weight is 437 g/mol. The Morgan fingerprint density at radius 1 is 0.970 bits per heavy atom. The van der Waals surface area contributed by atoms with Crippen LogP contribution in [0.4, 0.5) is 0 Å². The first kappa shape index (κ1) is 20.7. The number of hydrazone groups is 1. The van der Waals surface area contributed by atoms with Gasteiger partial charge in [0.15, 0.2) is 6.61 Å². The summed E-state index contributed by atoms with van der Waals surface area (Å²) in [5.74, 6) is 1.13. The van der Waals surface area contributed by atoms with E-state index in [0.717, 1.165) is 33.5 Å². The molecular weight excluding hydrogens is 414 g/mol. The van der Waals surface area contributed by atoms with Crippen LogP contribution in [0.5, 0.6) is 11.5 Å². The van der Waals surface area contributed by atoms with Crippen LogP contribution in [0, 0.1) is 0 Å². The fourth-order valence-corrected chi connectivity index (χ4v) is 4.03.